The molecule has 0 aliphatic carbocycles. The van der Waals surface area contributed by atoms with Crippen LogP contribution in [0.25, 0.3) is 0 Å². The molecule has 0 radical (unpaired) electrons. The summed E-state index contributed by atoms with van der Waals surface area (Å²) in [6, 6.07) is 3.96. The highest BCUT2D eigenvalue weighted by Crippen LogP contribution is 2.08. The highest BCUT2D eigenvalue weighted by atomic mass is 35.5. The Kier molecular flexibility index (Phi) is 2.45. The second kappa shape index (κ2) is 2.95. The molecule has 48 valence electrons. The van der Waals surface area contributed by atoms with Gasteiger partial charge in [0.15, 0.2) is 0 Å². The van der Waals surface area contributed by atoms with Gasteiger partial charge in [-0.3, -0.25) is 0 Å². The van der Waals surface area contributed by atoms with Gasteiger partial charge in [0, 0.05) is 9.65 Å². The maximum absolute atomic E-state index is 5.59. The van der Waals surface area contributed by atoms with E-state index in [9.17, 15) is 0 Å². The molecule has 0 N–H and O–H groups in total. The van der Waals surface area contributed by atoms with E-state index in [1.807, 2.05) is 19.1 Å². The lowest BCUT2D eigenvalue weighted by Crippen LogP contribution is -2.11. The molecule has 1 aromatic heterocycles. The third-order valence-corrected chi connectivity index (χ3v) is 2.77. The number of rotatable bonds is 1. The predicted molar refractivity (Wildman–Crippen MR) is 46.2 cm³/mol. The van der Waals surface area contributed by atoms with Crippen LogP contribution in [0.5, 0.6) is 0 Å². The van der Waals surface area contributed by atoms with Gasteiger partial charge in [0.05, 0.1) is 0 Å². The topological polar surface area (TPSA) is 0 Å². The summed E-state index contributed by atoms with van der Waals surface area (Å²) in [7, 11) is 0. The summed E-state index contributed by atoms with van der Waals surface area (Å²) in [6.45, 7) is 2.03. The number of hydrogen-bond donors (Lipinski definition) is 0. The van der Waals surface area contributed by atoms with Crippen LogP contribution in [0.2, 0.25) is 0 Å². The molecule has 0 aliphatic rings. The zero-order chi connectivity index (χ0) is 6.85. The highest BCUT2D eigenvalue weighted by molar-refractivity contribution is 7.47. The van der Waals surface area contributed by atoms with Crippen LogP contribution in [0.1, 0.15) is 4.88 Å². The molecule has 0 atom stereocenters. The van der Waals surface area contributed by atoms with Crippen LogP contribution < -0.4 is 4.78 Å². The van der Waals surface area contributed by atoms with Gasteiger partial charge >= 0.3 is 5.54 Å². The lowest BCUT2D eigenvalue weighted by molar-refractivity contribution is 1.64. The van der Waals surface area contributed by atoms with Gasteiger partial charge in [0.2, 0.25) is 0 Å². The van der Waals surface area contributed by atoms with Crippen molar-refractivity contribution in [2.45, 2.75) is 6.92 Å². The van der Waals surface area contributed by atoms with Crippen LogP contribution in [0.15, 0.2) is 12.1 Å². The average molecular weight is 179 g/mol. The monoisotopic (exact) mass is 178 g/mol. The fraction of sp³-hybridized carbons (Fsp3) is 0.200. The normalized spacial score (nSPS) is 9.67. The Balaban J connectivity index is 2.85. The summed E-state index contributed by atoms with van der Waals surface area (Å²) in [4.78, 5) is 1.25. The summed E-state index contributed by atoms with van der Waals surface area (Å²) in [6.07, 6.45) is 0. The third-order valence-electron chi connectivity index (χ3n) is 0.976. The minimum Gasteiger partial charge on any atom is -0.164 e. The average Bonchev–Trinajstić information content (AvgIpc) is 2.14. The lowest BCUT2D eigenvalue weighted by atomic mass is 10.1. The van der Waals surface area contributed by atoms with E-state index in [2.05, 4.69) is 0 Å². The molecule has 1 heterocycles. The van der Waals surface area contributed by atoms with Crippen molar-refractivity contribution in [1.82, 2.24) is 0 Å². The molecule has 0 saturated heterocycles. The van der Waals surface area contributed by atoms with Crippen molar-refractivity contribution in [3.05, 3.63) is 17.0 Å². The molecule has 0 aromatic carbocycles. The van der Waals surface area contributed by atoms with E-state index in [0.717, 1.165) is 4.78 Å². The summed E-state index contributed by atoms with van der Waals surface area (Å²) in [5.41, 5.74) is -0.358. The van der Waals surface area contributed by atoms with E-state index in [-0.39, 0.29) is 5.54 Å². The third kappa shape index (κ3) is 1.89. The predicted octanol–water partition coefficient (Wildman–Crippen LogP) is 2.23. The maximum Gasteiger partial charge on any atom is 0.392 e. The Morgan fingerprint density at radius 2 is 2.11 bits per heavy atom. The minimum atomic E-state index is -0.358. The fourth-order valence-corrected chi connectivity index (χ4v) is 1.72. The lowest BCUT2D eigenvalue weighted by Gasteiger charge is -1.86. The second-order valence-electron chi connectivity index (χ2n) is 1.75. The standard InChI is InChI=1S/C5H5BCl2S/c1-4-2-3-5(9-4)6(7)8/h2-3H,1H3. The van der Waals surface area contributed by atoms with Crippen molar-refractivity contribution in [3.63, 3.8) is 0 Å². The van der Waals surface area contributed by atoms with Crippen molar-refractivity contribution < 1.29 is 0 Å². The van der Waals surface area contributed by atoms with Crippen LogP contribution in [-0.2, 0) is 0 Å². The van der Waals surface area contributed by atoms with Gasteiger partial charge in [0.1, 0.15) is 0 Å². The Hall–Kier alpha value is 0.345. The summed E-state index contributed by atoms with van der Waals surface area (Å²) >= 11 is 12.8. The first kappa shape index (κ1) is 7.45. The van der Waals surface area contributed by atoms with Crippen molar-refractivity contribution in [1.29, 1.82) is 0 Å². The molecule has 4 heteroatoms. The largest absolute Gasteiger partial charge is 0.392 e. The molecular formula is C5H5BCl2S. The van der Waals surface area contributed by atoms with Gasteiger partial charge in [-0.1, -0.05) is 6.07 Å². The number of halogens is 2. The Morgan fingerprint density at radius 3 is 2.33 bits per heavy atom. The molecule has 0 nitrogen and oxygen atoms in total. The quantitative estimate of drug-likeness (QED) is 0.579. The molecule has 0 unspecified atom stereocenters. The van der Waals surface area contributed by atoms with E-state index < -0.39 is 0 Å². The fourth-order valence-electron chi connectivity index (χ4n) is 0.571. The van der Waals surface area contributed by atoms with E-state index in [1.54, 1.807) is 11.3 Å². The SMILES string of the molecule is Cc1ccc(B(Cl)Cl)s1. The van der Waals surface area contributed by atoms with Crippen molar-refractivity contribution in [3.8, 4) is 0 Å². The smallest absolute Gasteiger partial charge is 0.164 e. The molecule has 0 amide bonds. The zero-order valence-electron chi connectivity index (χ0n) is 4.90. The highest BCUT2D eigenvalue weighted by Gasteiger charge is 2.10. The van der Waals surface area contributed by atoms with Gasteiger partial charge in [-0.15, -0.1) is 0 Å². The molecule has 1 rings (SSSR count). The van der Waals surface area contributed by atoms with Crippen LogP contribution >= 0.6 is 34.3 Å². The van der Waals surface area contributed by atoms with Gasteiger partial charge in [0.25, 0.3) is 0 Å². The van der Waals surface area contributed by atoms with Gasteiger partial charge in [-0.05, 0) is 13.0 Å². The number of hydrogen-bond acceptors (Lipinski definition) is 1. The number of thiophene rings is 1. The van der Waals surface area contributed by atoms with Gasteiger partial charge in [-0.2, -0.15) is 34.3 Å². The molecule has 9 heavy (non-hydrogen) atoms. The maximum atomic E-state index is 5.59. The molecular weight excluding hydrogens is 174 g/mol. The van der Waals surface area contributed by atoms with Crippen LogP contribution in [0, 0.1) is 6.92 Å². The first-order valence-corrected chi connectivity index (χ1v) is 4.23. The van der Waals surface area contributed by atoms with Crippen molar-refractivity contribution in [2.24, 2.45) is 0 Å². The van der Waals surface area contributed by atoms with E-state index in [4.69, 9.17) is 22.9 Å². The number of aryl methyl sites for hydroxylation is 1. The van der Waals surface area contributed by atoms with E-state index in [0.29, 0.717) is 0 Å². The summed E-state index contributed by atoms with van der Waals surface area (Å²) in [5, 5.41) is 0. The Labute approximate surface area is 68.7 Å². The molecule has 0 fully saturated rings. The first-order valence-electron chi connectivity index (χ1n) is 2.54. The molecule has 1 aromatic rings. The Morgan fingerprint density at radius 1 is 1.44 bits per heavy atom. The van der Waals surface area contributed by atoms with Crippen LogP contribution in [0.3, 0.4) is 0 Å². The molecule has 0 spiro atoms. The first-order chi connectivity index (χ1) is 4.20. The summed E-state index contributed by atoms with van der Waals surface area (Å²) < 4.78 is 1.02. The molecule has 0 saturated carbocycles. The zero-order valence-corrected chi connectivity index (χ0v) is 7.22. The summed E-state index contributed by atoms with van der Waals surface area (Å²) in [5.74, 6) is 0. The van der Waals surface area contributed by atoms with Gasteiger partial charge < -0.3 is 0 Å². The van der Waals surface area contributed by atoms with Crippen molar-refractivity contribution >= 4 is 44.6 Å². The van der Waals surface area contributed by atoms with E-state index in [1.165, 1.54) is 4.88 Å². The van der Waals surface area contributed by atoms with Crippen LogP contribution in [0.4, 0.5) is 0 Å². The van der Waals surface area contributed by atoms with Crippen LogP contribution in [-0.4, -0.2) is 5.54 Å². The Bertz CT molecular complexity index is 197. The van der Waals surface area contributed by atoms with Gasteiger partial charge in [-0.25, -0.2) is 0 Å². The molecule has 0 bridgehead atoms. The molecule has 0 aliphatic heterocycles. The van der Waals surface area contributed by atoms with Crippen molar-refractivity contribution in [2.75, 3.05) is 0 Å². The minimum absolute atomic E-state index is 0.358. The van der Waals surface area contributed by atoms with E-state index >= 15 is 0 Å². The second-order valence-corrected chi connectivity index (χ2v) is 4.16.